The molecule has 0 aromatic carbocycles. The van der Waals surface area contributed by atoms with Gasteiger partial charge < -0.3 is 5.73 Å². The van der Waals surface area contributed by atoms with Crippen LogP contribution < -0.4 is 5.73 Å². The first kappa shape index (κ1) is 10.0. The monoisotopic (exact) mass is 205 g/mol. The highest BCUT2D eigenvalue weighted by molar-refractivity contribution is 5.44. The number of hydrogen-bond acceptors (Lipinski definition) is 4. The van der Waals surface area contributed by atoms with Crippen molar-refractivity contribution in [3.8, 4) is 0 Å². The number of nitrogens with zero attached hydrogens (tertiary/aromatic N) is 4. The van der Waals surface area contributed by atoms with E-state index in [2.05, 4.69) is 22.1 Å². The number of hydrogen-bond donors (Lipinski definition) is 1. The van der Waals surface area contributed by atoms with E-state index in [-0.39, 0.29) is 12.0 Å². The van der Waals surface area contributed by atoms with Crippen LogP contribution in [0.25, 0.3) is 5.65 Å². The molecule has 0 bridgehead atoms. The number of fused-ring (bicyclic) bond motifs is 1. The molecule has 2 atom stereocenters. The summed E-state index contributed by atoms with van der Waals surface area (Å²) in [5.74, 6) is 0.234. The molecular weight excluding hydrogens is 190 g/mol. The number of rotatable bonds is 3. The maximum absolute atomic E-state index is 5.94. The SMILES string of the molecule is CCC(c1nccn2cnnc12)C(C)N. The third kappa shape index (κ3) is 1.70. The first-order chi connectivity index (χ1) is 7.24. The van der Waals surface area contributed by atoms with Gasteiger partial charge in [-0.3, -0.25) is 9.38 Å². The van der Waals surface area contributed by atoms with Gasteiger partial charge in [0.05, 0.1) is 5.69 Å². The van der Waals surface area contributed by atoms with E-state index in [1.165, 1.54) is 0 Å². The lowest BCUT2D eigenvalue weighted by Crippen LogP contribution is -2.25. The Balaban J connectivity index is 2.54. The molecule has 0 fully saturated rings. The summed E-state index contributed by atoms with van der Waals surface area (Å²) in [6.07, 6.45) is 6.23. The van der Waals surface area contributed by atoms with Crippen LogP contribution in [0.3, 0.4) is 0 Å². The van der Waals surface area contributed by atoms with Crippen molar-refractivity contribution in [1.29, 1.82) is 0 Å². The molecule has 0 aliphatic carbocycles. The zero-order chi connectivity index (χ0) is 10.8. The Morgan fingerprint density at radius 1 is 1.53 bits per heavy atom. The maximum atomic E-state index is 5.94. The Morgan fingerprint density at radius 2 is 2.33 bits per heavy atom. The molecule has 2 unspecified atom stereocenters. The molecule has 0 amide bonds. The normalized spacial score (nSPS) is 15.4. The quantitative estimate of drug-likeness (QED) is 0.810. The Bertz CT molecular complexity index is 448. The molecule has 2 rings (SSSR count). The predicted octanol–water partition coefficient (Wildman–Crippen LogP) is 0.965. The van der Waals surface area contributed by atoms with Gasteiger partial charge >= 0.3 is 0 Å². The van der Waals surface area contributed by atoms with E-state index < -0.39 is 0 Å². The minimum atomic E-state index is 0.0744. The van der Waals surface area contributed by atoms with Crippen molar-refractivity contribution in [1.82, 2.24) is 19.6 Å². The van der Waals surface area contributed by atoms with Crippen molar-refractivity contribution < 1.29 is 0 Å². The average Bonchev–Trinajstić information content (AvgIpc) is 2.66. The zero-order valence-corrected chi connectivity index (χ0v) is 8.96. The van der Waals surface area contributed by atoms with Gasteiger partial charge in [-0.15, -0.1) is 10.2 Å². The van der Waals surface area contributed by atoms with Gasteiger partial charge in [-0.1, -0.05) is 6.92 Å². The van der Waals surface area contributed by atoms with Crippen LogP contribution in [0.15, 0.2) is 18.7 Å². The third-order valence-corrected chi connectivity index (χ3v) is 2.67. The largest absolute Gasteiger partial charge is 0.327 e. The van der Waals surface area contributed by atoms with Crippen LogP contribution in [-0.4, -0.2) is 25.6 Å². The molecule has 2 N–H and O–H groups in total. The van der Waals surface area contributed by atoms with E-state index in [1.54, 1.807) is 12.5 Å². The summed E-state index contributed by atoms with van der Waals surface area (Å²) in [6, 6.07) is 0.0744. The molecular formula is C10H15N5. The van der Waals surface area contributed by atoms with E-state index in [0.717, 1.165) is 17.8 Å². The van der Waals surface area contributed by atoms with Crippen molar-refractivity contribution in [2.24, 2.45) is 5.73 Å². The number of aromatic nitrogens is 4. The Morgan fingerprint density at radius 3 is 3.00 bits per heavy atom. The molecule has 2 aromatic heterocycles. The Kier molecular flexibility index (Phi) is 2.64. The van der Waals surface area contributed by atoms with Gasteiger partial charge in [0.25, 0.3) is 0 Å². The fourth-order valence-electron chi connectivity index (χ4n) is 1.85. The molecule has 5 nitrogen and oxygen atoms in total. The average molecular weight is 205 g/mol. The highest BCUT2D eigenvalue weighted by Crippen LogP contribution is 2.22. The summed E-state index contributed by atoms with van der Waals surface area (Å²) in [4.78, 5) is 4.37. The lowest BCUT2D eigenvalue weighted by atomic mass is 9.95. The van der Waals surface area contributed by atoms with Crippen LogP contribution in [0.2, 0.25) is 0 Å². The van der Waals surface area contributed by atoms with Crippen LogP contribution in [0.4, 0.5) is 0 Å². The van der Waals surface area contributed by atoms with Gasteiger partial charge in [-0.25, -0.2) is 0 Å². The lowest BCUT2D eigenvalue weighted by Gasteiger charge is -2.18. The predicted molar refractivity (Wildman–Crippen MR) is 57.5 cm³/mol. The fraction of sp³-hybridized carbons (Fsp3) is 0.500. The highest BCUT2D eigenvalue weighted by Gasteiger charge is 2.19. The van der Waals surface area contributed by atoms with E-state index in [1.807, 2.05) is 17.5 Å². The number of nitrogens with two attached hydrogens (primary N) is 1. The van der Waals surface area contributed by atoms with E-state index in [9.17, 15) is 0 Å². The molecule has 2 heterocycles. The van der Waals surface area contributed by atoms with Crippen molar-refractivity contribution >= 4 is 5.65 Å². The molecule has 15 heavy (non-hydrogen) atoms. The van der Waals surface area contributed by atoms with Gasteiger partial charge in [0.1, 0.15) is 6.33 Å². The van der Waals surface area contributed by atoms with Gasteiger partial charge in [-0.05, 0) is 13.3 Å². The Labute approximate surface area is 88.3 Å². The summed E-state index contributed by atoms with van der Waals surface area (Å²) in [7, 11) is 0. The van der Waals surface area contributed by atoms with Gasteiger partial charge in [0, 0.05) is 24.4 Å². The molecule has 0 radical (unpaired) electrons. The second kappa shape index (κ2) is 3.94. The minimum Gasteiger partial charge on any atom is -0.327 e. The summed E-state index contributed by atoms with van der Waals surface area (Å²) in [6.45, 7) is 4.10. The van der Waals surface area contributed by atoms with Crippen LogP contribution >= 0.6 is 0 Å². The highest BCUT2D eigenvalue weighted by atomic mass is 15.2. The smallest absolute Gasteiger partial charge is 0.182 e. The van der Waals surface area contributed by atoms with Crippen molar-refractivity contribution in [3.05, 3.63) is 24.4 Å². The van der Waals surface area contributed by atoms with E-state index in [0.29, 0.717) is 0 Å². The summed E-state index contributed by atoms with van der Waals surface area (Å²) in [5, 5.41) is 7.93. The second-order valence-corrected chi connectivity index (χ2v) is 3.75. The summed E-state index contributed by atoms with van der Waals surface area (Å²) < 4.78 is 1.87. The molecule has 5 heteroatoms. The minimum absolute atomic E-state index is 0.0744. The standard InChI is InChI=1S/C10H15N5/c1-3-8(7(2)11)9-10-14-13-6-15(10)5-4-12-9/h4-8H,3,11H2,1-2H3. The molecule has 0 spiro atoms. The molecule has 0 saturated carbocycles. The van der Waals surface area contributed by atoms with Gasteiger partial charge in [0.2, 0.25) is 0 Å². The molecule has 0 aliphatic heterocycles. The van der Waals surface area contributed by atoms with Crippen molar-refractivity contribution in [3.63, 3.8) is 0 Å². The van der Waals surface area contributed by atoms with Crippen LogP contribution in [0.5, 0.6) is 0 Å². The molecule has 0 aliphatic rings. The van der Waals surface area contributed by atoms with Crippen LogP contribution in [0.1, 0.15) is 31.9 Å². The van der Waals surface area contributed by atoms with Crippen molar-refractivity contribution in [2.75, 3.05) is 0 Å². The molecule has 0 saturated heterocycles. The maximum Gasteiger partial charge on any atom is 0.182 e. The summed E-state index contributed by atoms with van der Waals surface area (Å²) in [5.41, 5.74) is 7.69. The van der Waals surface area contributed by atoms with Crippen LogP contribution in [0, 0.1) is 0 Å². The second-order valence-electron chi connectivity index (χ2n) is 3.75. The van der Waals surface area contributed by atoms with E-state index in [4.69, 9.17) is 5.73 Å². The first-order valence-corrected chi connectivity index (χ1v) is 5.13. The lowest BCUT2D eigenvalue weighted by molar-refractivity contribution is 0.541. The Hall–Kier alpha value is -1.49. The topological polar surface area (TPSA) is 69.1 Å². The van der Waals surface area contributed by atoms with Crippen molar-refractivity contribution in [2.45, 2.75) is 32.2 Å². The molecule has 80 valence electrons. The zero-order valence-electron chi connectivity index (χ0n) is 8.96. The van der Waals surface area contributed by atoms with Crippen LogP contribution in [-0.2, 0) is 0 Å². The van der Waals surface area contributed by atoms with Gasteiger partial charge in [-0.2, -0.15) is 0 Å². The summed E-state index contributed by atoms with van der Waals surface area (Å²) >= 11 is 0. The third-order valence-electron chi connectivity index (χ3n) is 2.67. The van der Waals surface area contributed by atoms with E-state index >= 15 is 0 Å². The van der Waals surface area contributed by atoms with Gasteiger partial charge in [0.15, 0.2) is 5.65 Å². The molecule has 2 aromatic rings. The first-order valence-electron chi connectivity index (χ1n) is 5.13. The fourth-order valence-corrected chi connectivity index (χ4v) is 1.85.